The molecule has 2 saturated heterocycles. The zero-order valence-corrected chi connectivity index (χ0v) is 10.6. The standard InChI is InChI=1S/C13H20N4O/c1-3-14-4-6-17(5-1)13-8-12(15-10-16-13)11-2-7-18-9-11/h8,10-11,14H,1-7,9H2. The average Bonchev–Trinajstić information content (AvgIpc) is 2.82. The lowest BCUT2D eigenvalue weighted by atomic mass is 10.0. The second-order valence-corrected chi connectivity index (χ2v) is 4.95. The van der Waals surface area contributed by atoms with Gasteiger partial charge in [-0.25, -0.2) is 9.97 Å². The maximum Gasteiger partial charge on any atom is 0.132 e. The highest BCUT2D eigenvalue weighted by molar-refractivity contribution is 5.40. The maximum atomic E-state index is 5.43. The van der Waals surface area contributed by atoms with Crippen molar-refractivity contribution in [2.75, 3.05) is 44.3 Å². The van der Waals surface area contributed by atoms with Gasteiger partial charge in [-0.15, -0.1) is 0 Å². The number of hydrogen-bond donors (Lipinski definition) is 1. The van der Waals surface area contributed by atoms with E-state index in [0.29, 0.717) is 5.92 Å². The number of hydrogen-bond acceptors (Lipinski definition) is 5. The van der Waals surface area contributed by atoms with Gasteiger partial charge in [0.15, 0.2) is 0 Å². The third-order valence-electron chi connectivity index (χ3n) is 3.69. The molecule has 1 unspecified atom stereocenters. The highest BCUT2D eigenvalue weighted by Crippen LogP contribution is 2.25. The molecule has 0 spiro atoms. The van der Waals surface area contributed by atoms with E-state index in [-0.39, 0.29) is 0 Å². The first-order chi connectivity index (χ1) is 8.93. The van der Waals surface area contributed by atoms with Crippen LogP contribution in [0.4, 0.5) is 5.82 Å². The predicted molar refractivity (Wildman–Crippen MR) is 69.9 cm³/mol. The molecule has 0 bridgehead atoms. The molecule has 2 fully saturated rings. The zero-order valence-electron chi connectivity index (χ0n) is 10.6. The second kappa shape index (κ2) is 5.63. The molecule has 0 aromatic carbocycles. The Morgan fingerprint density at radius 2 is 2.28 bits per heavy atom. The van der Waals surface area contributed by atoms with Crippen molar-refractivity contribution in [2.45, 2.75) is 18.8 Å². The lowest BCUT2D eigenvalue weighted by molar-refractivity contribution is 0.193. The van der Waals surface area contributed by atoms with Crippen LogP contribution in [0.25, 0.3) is 0 Å². The normalized spacial score (nSPS) is 25.1. The van der Waals surface area contributed by atoms with Crippen molar-refractivity contribution < 1.29 is 4.74 Å². The summed E-state index contributed by atoms with van der Waals surface area (Å²) in [7, 11) is 0. The Balaban J connectivity index is 1.76. The molecule has 0 saturated carbocycles. The smallest absolute Gasteiger partial charge is 0.132 e. The number of nitrogens with one attached hydrogen (secondary N) is 1. The lowest BCUT2D eigenvalue weighted by Gasteiger charge is -2.21. The summed E-state index contributed by atoms with van der Waals surface area (Å²) in [5.74, 6) is 1.52. The Morgan fingerprint density at radius 3 is 3.17 bits per heavy atom. The van der Waals surface area contributed by atoms with E-state index in [1.807, 2.05) is 0 Å². The van der Waals surface area contributed by atoms with E-state index < -0.39 is 0 Å². The zero-order chi connectivity index (χ0) is 12.2. The summed E-state index contributed by atoms with van der Waals surface area (Å²) in [4.78, 5) is 11.2. The summed E-state index contributed by atoms with van der Waals surface area (Å²) in [5.41, 5.74) is 1.13. The van der Waals surface area contributed by atoms with Crippen LogP contribution in [0.2, 0.25) is 0 Å². The summed E-state index contributed by atoms with van der Waals surface area (Å²) in [6.07, 6.45) is 3.95. The molecule has 5 heteroatoms. The van der Waals surface area contributed by atoms with Gasteiger partial charge in [-0.05, 0) is 19.4 Å². The predicted octanol–water partition coefficient (Wildman–Crippen LogP) is 0.780. The van der Waals surface area contributed by atoms with E-state index >= 15 is 0 Å². The number of nitrogens with zero attached hydrogens (tertiary/aromatic N) is 3. The topological polar surface area (TPSA) is 50.3 Å². The van der Waals surface area contributed by atoms with Crippen LogP contribution in [0.3, 0.4) is 0 Å². The Labute approximate surface area is 108 Å². The minimum atomic E-state index is 0.455. The van der Waals surface area contributed by atoms with Crippen LogP contribution in [-0.2, 0) is 4.74 Å². The van der Waals surface area contributed by atoms with Crippen LogP contribution in [0.15, 0.2) is 12.4 Å². The van der Waals surface area contributed by atoms with Crippen molar-refractivity contribution in [2.24, 2.45) is 0 Å². The van der Waals surface area contributed by atoms with Gasteiger partial charge in [-0.2, -0.15) is 0 Å². The third kappa shape index (κ3) is 2.62. The minimum Gasteiger partial charge on any atom is -0.381 e. The molecule has 98 valence electrons. The molecular formula is C13H20N4O. The molecular weight excluding hydrogens is 228 g/mol. The fourth-order valence-corrected chi connectivity index (χ4v) is 2.60. The molecule has 18 heavy (non-hydrogen) atoms. The van der Waals surface area contributed by atoms with Crippen LogP contribution in [0, 0.1) is 0 Å². The molecule has 3 rings (SSSR count). The highest BCUT2D eigenvalue weighted by atomic mass is 16.5. The van der Waals surface area contributed by atoms with Gasteiger partial charge in [0.05, 0.1) is 12.3 Å². The quantitative estimate of drug-likeness (QED) is 0.838. The second-order valence-electron chi connectivity index (χ2n) is 4.95. The number of aromatic nitrogens is 2. The first kappa shape index (κ1) is 11.9. The van der Waals surface area contributed by atoms with E-state index in [9.17, 15) is 0 Å². The van der Waals surface area contributed by atoms with Gasteiger partial charge in [0.1, 0.15) is 12.1 Å². The maximum absolute atomic E-state index is 5.43. The van der Waals surface area contributed by atoms with Crippen LogP contribution < -0.4 is 10.2 Å². The van der Waals surface area contributed by atoms with Crippen molar-refractivity contribution in [1.82, 2.24) is 15.3 Å². The largest absolute Gasteiger partial charge is 0.381 e. The number of ether oxygens (including phenoxy) is 1. The third-order valence-corrected chi connectivity index (χ3v) is 3.69. The van der Waals surface area contributed by atoms with E-state index in [0.717, 1.165) is 57.3 Å². The van der Waals surface area contributed by atoms with Crippen molar-refractivity contribution >= 4 is 5.82 Å². The summed E-state index contributed by atoms with van der Waals surface area (Å²) in [6.45, 7) is 5.90. The van der Waals surface area contributed by atoms with Crippen molar-refractivity contribution in [3.05, 3.63) is 18.1 Å². The highest BCUT2D eigenvalue weighted by Gasteiger charge is 2.20. The SMILES string of the molecule is c1nc(C2CCOC2)cc(N2CCCNCC2)n1. The number of anilines is 1. The molecule has 0 radical (unpaired) electrons. The van der Waals surface area contributed by atoms with Gasteiger partial charge in [0.2, 0.25) is 0 Å². The van der Waals surface area contributed by atoms with Gasteiger partial charge < -0.3 is 15.0 Å². The molecule has 1 N–H and O–H groups in total. The monoisotopic (exact) mass is 248 g/mol. The summed E-state index contributed by atoms with van der Waals surface area (Å²) in [6, 6.07) is 2.14. The van der Waals surface area contributed by atoms with E-state index in [1.165, 1.54) is 6.42 Å². The first-order valence-electron chi connectivity index (χ1n) is 6.79. The Kier molecular flexibility index (Phi) is 3.71. The van der Waals surface area contributed by atoms with Gasteiger partial charge in [-0.3, -0.25) is 0 Å². The van der Waals surface area contributed by atoms with Crippen LogP contribution in [0.5, 0.6) is 0 Å². The Hall–Kier alpha value is -1.20. The van der Waals surface area contributed by atoms with Crippen LogP contribution in [-0.4, -0.2) is 49.4 Å². The molecule has 0 aliphatic carbocycles. The molecule has 1 atom stereocenters. The van der Waals surface area contributed by atoms with Gasteiger partial charge in [-0.1, -0.05) is 0 Å². The average molecular weight is 248 g/mol. The van der Waals surface area contributed by atoms with Crippen molar-refractivity contribution in [3.63, 3.8) is 0 Å². The molecule has 2 aliphatic heterocycles. The van der Waals surface area contributed by atoms with Crippen molar-refractivity contribution in [1.29, 1.82) is 0 Å². The molecule has 1 aromatic rings. The molecule has 1 aromatic heterocycles. The van der Waals surface area contributed by atoms with E-state index in [2.05, 4.69) is 26.3 Å². The van der Waals surface area contributed by atoms with E-state index in [1.54, 1.807) is 6.33 Å². The lowest BCUT2D eigenvalue weighted by Crippen LogP contribution is -2.28. The fourth-order valence-electron chi connectivity index (χ4n) is 2.60. The van der Waals surface area contributed by atoms with Gasteiger partial charge in [0, 0.05) is 38.2 Å². The molecule has 2 aliphatic rings. The fraction of sp³-hybridized carbons (Fsp3) is 0.692. The summed E-state index contributed by atoms with van der Waals surface area (Å²) >= 11 is 0. The van der Waals surface area contributed by atoms with Crippen molar-refractivity contribution in [3.8, 4) is 0 Å². The van der Waals surface area contributed by atoms with Gasteiger partial charge in [0.25, 0.3) is 0 Å². The Morgan fingerprint density at radius 1 is 1.28 bits per heavy atom. The Bertz CT molecular complexity index is 384. The molecule has 0 amide bonds. The van der Waals surface area contributed by atoms with E-state index in [4.69, 9.17) is 4.74 Å². The minimum absolute atomic E-state index is 0.455. The summed E-state index contributed by atoms with van der Waals surface area (Å²) in [5, 5.41) is 3.41. The van der Waals surface area contributed by atoms with Gasteiger partial charge >= 0.3 is 0 Å². The van der Waals surface area contributed by atoms with Crippen LogP contribution in [0.1, 0.15) is 24.5 Å². The number of rotatable bonds is 2. The van der Waals surface area contributed by atoms with Crippen LogP contribution >= 0.6 is 0 Å². The molecule has 5 nitrogen and oxygen atoms in total. The summed E-state index contributed by atoms with van der Waals surface area (Å²) < 4.78 is 5.43. The first-order valence-corrected chi connectivity index (χ1v) is 6.79. The molecule has 3 heterocycles.